The van der Waals surface area contributed by atoms with E-state index >= 15 is 0 Å². The van der Waals surface area contributed by atoms with Crippen molar-refractivity contribution in [1.29, 1.82) is 0 Å². The van der Waals surface area contributed by atoms with E-state index < -0.39 is 0 Å². The molecule has 0 bridgehead atoms. The Bertz CT molecular complexity index is 452. The summed E-state index contributed by atoms with van der Waals surface area (Å²) in [7, 11) is 0. The summed E-state index contributed by atoms with van der Waals surface area (Å²) < 4.78 is 19.2. The summed E-state index contributed by atoms with van der Waals surface area (Å²) in [5.41, 5.74) is 6.92. The maximum absolute atomic E-state index is 13.4. The molecule has 1 aliphatic rings. The summed E-state index contributed by atoms with van der Waals surface area (Å²) in [6.45, 7) is 7.47. The summed E-state index contributed by atoms with van der Waals surface area (Å²) >= 11 is 0. The number of rotatable bonds is 6. The second-order valence-electron chi connectivity index (χ2n) is 6.17. The Morgan fingerprint density at radius 3 is 2.95 bits per heavy atom. The monoisotopic (exact) mass is 294 g/mol. The molecule has 0 aromatic heterocycles. The molecule has 2 atom stereocenters. The standard InChI is InChI=1S/C17H27FN2O/c1-3-21-16-8-5-9-20(12-16)17(2,13-19)11-14-6-4-7-15(18)10-14/h4,6-7,10,16H,3,5,8-9,11-13,19H2,1-2H3. The van der Waals surface area contributed by atoms with Crippen molar-refractivity contribution in [3.05, 3.63) is 35.6 Å². The second kappa shape index (κ2) is 7.34. The molecular formula is C17H27FN2O. The molecule has 0 radical (unpaired) electrons. The smallest absolute Gasteiger partial charge is 0.123 e. The molecule has 1 aliphatic heterocycles. The van der Waals surface area contributed by atoms with Gasteiger partial charge in [-0.25, -0.2) is 4.39 Å². The van der Waals surface area contributed by atoms with Crippen LogP contribution < -0.4 is 5.73 Å². The Hall–Kier alpha value is -0.970. The number of nitrogens with zero attached hydrogens (tertiary/aromatic N) is 1. The van der Waals surface area contributed by atoms with Crippen LogP contribution in [0.25, 0.3) is 0 Å². The molecule has 2 unspecified atom stereocenters. The van der Waals surface area contributed by atoms with Crippen LogP contribution in [-0.2, 0) is 11.2 Å². The van der Waals surface area contributed by atoms with Gasteiger partial charge in [-0.1, -0.05) is 12.1 Å². The minimum absolute atomic E-state index is 0.149. The molecule has 1 aromatic carbocycles. The van der Waals surface area contributed by atoms with Gasteiger partial charge in [0.15, 0.2) is 0 Å². The lowest BCUT2D eigenvalue weighted by molar-refractivity contribution is -0.0280. The van der Waals surface area contributed by atoms with Gasteiger partial charge >= 0.3 is 0 Å². The van der Waals surface area contributed by atoms with E-state index in [-0.39, 0.29) is 11.4 Å². The molecule has 1 saturated heterocycles. The summed E-state index contributed by atoms with van der Waals surface area (Å²) in [4.78, 5) is 2.42. The van der Waals surface area contributed by atoms with Gasteiger partial charge in [-0.2, -0.15) is 0 Å². The van der Waals surface area contributed by atoms with Gasteiger partial charge < -0.3 is 10.5 Å². The van der Waals surface area contributed by atoms with Crippen molar-refractivity contribution in [2.75, 3.05) is 26.2 Å². The summed E-state index contributed by atoms with van der Waals surface area (Å²) in [6, 6.07) is 6.83. The van der Waals surface area contributed by atoms with Gasteiger partial charge in [-0.3, -0.25) is 4.90 Å². The third-order valence-corrected chi connectivity index (χ3v) is 4.46. The summed E-state index contributed by atoms with van der Waals surface area (Å²) in [6.07, 6.45) is 3.30. The first-order chi connectivity index (χ1) is 10.1. The number of benzene rings is 1. The number of hydrogen-bond donors (Lipinski definition) is 1. The van der Waals surface area contributed by atoms with Crippen LogP contribution in [0.5, 0.6) is 0 Å². The van der Waals surface area contributed by atoms with E-state index in [4.69, 9.17) is 10.5 Å². The van der Waals surface area contributed by atoms with Crippen LogP contribution in [0, 0.1) is 5.82 Å². The van der Waals surface area contributed by atoms with Crippen LogP contribution >= 0.6 is 0 Å². The first-order valence-corrected chi connectivity index (χ1v) is 7.88. The summed E-state index contributed by atoms with van der Waals surface area (Å²) in [5.74, 6) is -0.183. The van der Waals surface area contributed by atoms with Crippen LogP contribution in [0.4, 0.5) is 4.39 Å². The number of piperidine rings is 1. The number of nitrogens with two attached hydrogens (primary N) is 1. The minimum Gasteiger partial charge on any atom is -0.377 e. The van der Waals surface area contributed by atoms with E-state index in [0.29, 0.717) is 12.6 Å². The molecule has 0 amide bonds. The molecule has 0 aliphatic carbocycles. The van der Waals surface area contributed by atoms with Crippen molar-refractivity contribution in [2.24, 2.45) is 5.73 Å². The zero-order chi connectivity index (χ0) is 15.3. The van der Waals surface area contributed by atoms with Gasteiger partial charge in [0.2, 0.25) is 0 Å². The molecule has 118 valence electrons. The highest BCUT2D eigenvalue weighted by atomic mass is 19.1. The van der Waals surface area contributed by atoms with Crippen molar-refractivity contribution in [1.82, 2.24) is 4.90 Å². The zero-order valence-electron chi connectivity index (χ0n) is 13.1. The predicted molar refractivity (Wildman–Crippen MR) is 83.8 cm³/mol. The molecule has 4 heteroatoms. The van der Waals surface area contributed by atoms with Crippen molar-refractivity contribution in [3.63, 3.8) is 0 Å². The quantitative estimate of drug-likeness (QED) is 0.876. The summed E-state index contributed by atoms with van der Waals surface area (Å²) in [5, 5.41) is 0. The SMILES string of the molecule is CCOC1CCCN(C(C)(CN)Cc2cccc(F)c2)C1. The maximum atomic E-state index is 13.4. The van der Waals surface area contributed by atoms with Crippen LogP contribution in [-0.4, -0.2) is 42.8 Å². The van der Waals surface area contributed by atoms with Crippen LogP contribution in [0.1, 0.15) is 32.3 Å². The fraction of sp³-hybridized carbons (Fsp3) is 0.647. The fourth-order valence-corrected chi connectivity index (χ4v) is 3.20. The fourth-order valence-electron chi connectivity index (χ4n) is 3.20. The molecular weight excluding hydrogens is 267 g/mol. The number of hydrogen-bond acceptors (Lipinski definition) is 3. The Morgan fingerprint density at radius 2 is 2.29 bits per heavy atom. The average molecular weight is 294 g/mol. The highest BCUT2D eigenvalue weighted by Crippen LogP contribution is 2.25. The largest absolute Gasteiger partial charge is 0.377 e. The van der Waals surface area contributed by atoms with Gasteiger partial charge in [0.1, 0.15) is 5.82 Å². The highest BCUT2D eigenvalue weighted by molar-refractivity contribution is 5.19. The average Bonchev–Trinajstić information content (AvgIpc) is 2.48. The molecule has 3 nitrogen and oxygen atoms in total. The number of ether oxygens (including phenoxy) is 1. The normalized spacial score (nSPS) is 23.0. The van der Waals surface area contributed by atoms with E-state index in [0.717, 1.165) is 44.5 Å². The molecule has 1 aromatic rings. The topological polar surface area (TPSA) is 38.5 Å². The van der Waals surface area contributed by atoms with Crippen molar-refractivity contribution in [2.45, 2.75) is 44.8 Å². The Labute approximate surface area is 127 Å². The Morgan fingerprint density at radius 1 is 1.48 bits per heavy atom. The van der Waals surface area contributed by atoms with Crippen LogP contribution in [0.15, 0.2) is 24.3 Å². The van der Waals surface area contributed by atoms with E-state index in [2.05, 4.69) is 11.8 Å². The third kappa shape index (κ3) is 4.25. The van der Waals surface area contributed by atoms with Crippen LogP contribution in [0.2, 0.25) is 0 Å². The molecule has 21 heavy (non-hydrogen) atoms. The van der Waals surface area contributed by atoms with Gasteiger partial charge in [0.25, 0.3) is 0 Å². The molecule has 0 spiro atoms. The van der Waals surface area contributed by atoms with Crippen LogP contribution in [0.3, 0.4) is 0 Å². The van der Waals surface area contributed by atoms with Crippen molar-refractivity contribution >= 4 is 0 Å². The van der Waals surface area contributed by atoms with Gasteiger partial charge in [-0.15, -0.1) is 0 Å². The maximum Gasteiger partial charge on any atom is 0.123 e. The lowest BCUT2D eigenvalue weighted by atomic mass is 9.88. The molecule has 0 saturated carbocycles. The predicted octanol–water partition coefficient (Wildman–Crippen LogP) is 2.59. The Kier molecular flexibility index (Phi) is 5.73. The first-order valence-electron chi connectivity index (χ1n) is 7.88. The molecule has 2 rings (SSSR count). The first kappa shape index (κ1) is 16.4. The third-order valence-electron chi connectivity index (χ3n) is 4.46. The molecule has 1 heterocycles. The van der Waals surface area contributed by atoms with Gasteiger partial charge in [0, 0.05) is 25.2 Å². The molecule has 2 N–H and O–H groups in total. The van der Waals surface area contributed by atoms with Gasteiger partial charge in [0.05, 0.1) is 6.10 Å². The van der Waals surface area contributed by atoms with E-state index in [1.165, 1.54) is 6.07 Å². The highest BCUT2D eigenvalue weighted by Gasteiger charge is 2.34. The Balaban J connectivity index is 2.08. The van der Waals surface area contributed by atoms with Gasteiger partial charge in [-0.05, 0) is 57.4 Å². The second-order valence-corrected chi connectivity index (χ2v) is 6.17. The lowest BCUT2D eigenvalue weighted by Crippen LogP contribution is -2.57. The van der Waals surface area contributed by atoms with E-state index in [1.54, 1.807) is 12.1 Å². The minimum atomic E-state index is -0.183. The number of halogens is 1. The van der Waals surface area contributed by atoms with Crippen molar-refractivity contribution in [3.8, 4) is 0 Å². The van der Waals surface area contributed by atoms with E-state index in [9.17, 15) is 4.39 Å². The zero-order valence-corrected chi connectivity index (χ0v) is 13.1. The van der Waals surface area contributed by atoms with Crippen molar-refractivity contribution < 1.29 is 9.13 Å². The lowest BCUT2D eigenvalue weighted by Gasteiger charge is -2.45. The molecule has 1 fully saturated rings. The number of likely N-dealkylation sites (tertiary alicyclic amines) is 1. The van der Waals surface area contributed by atoms with E-state index in [1.807, 2.05) is 13.0 Å².